The molecule has 4 nitrogen and oxygen atoms in total. The number of carboxylic acids is 1. The molecule has 1 aromatic carbocycles. The number of amides is 1. The molecule has 114 valence electrons. The zero-order chi connectivity index (χ0) is 15.6. The van der Waals surface area contributed by atoms with Crippen molar-refractivity contribution in [2.45, 2.75) is 25.7 Å². The van der Waals surface area contributed by atoms with E-state index in [1.807, 2.05) is 0 Å². The summed E-state index contributed by atoms with van der Waals surface area (Å²) >= 11 is 11.9. The second kappa shape index (κ2) is 6.67. The molecule has 0 spiro atoms. The quantitative estimate of drug-likeness (QED) is 0.924. The van der Waals surface area contributed by atoms with Crippen LogP contribution in [0.4, 0.5) is 0 Å². The van der Waals surface area contributed by atoms with Crippen LogP contribution in [0.3, 0.4) is 0 Å². The lowest BCUT2D eigenvalue weighted by molar-refractivity contribution is -0.146. The van der Waals surface area contributed by atoms with E-state index in [2.05, 4.69) is 0 Å². The monoisotopic (exact) mass is 329 g/mol. The van der Waals surface area contributed by atoms with Gasteiger partial charge in [-0.05, 0) is 37.5 Å². The third-order valence-corrected chi connectivity index (χ3v) is 4.64. The minimum absolute atomic E-state index is 0.0701. The predicted molar refractivity (Wildman–Crippen MR) is 81.8 cm³/mol. The van der Waals surface area contributed by atoms with E-state index >= 15 is 0 Å². The van der Waals surface area contributed by atoms with Gasteiger partial charge in [0.1, 0.15) is 0 Å². The minimum Gasteiger partial charge on any atom is -0.481 e. The SMILES string of the molecule is CC(C(=O)N1CCCC(C(=O)O)C1)c1ccc(Cl)c(Cl)c1. The molecular formula is C15H17Cl2NO3. The zero-order valence-electron chi connectivity index (χ0n) is 11.7. The van der Waals surface area contributed by atoms with Gasteiger partial charge in [-0.25, -0.2) is 0 Å². The molecule has 2 rings (SSSR count). The number of hydrogen-bond donors (Lipinski definition) is 1. The Labute approximate surface area is 133 Å². The second-order valence-corrected chi connectivity index (χ2v) is 6.17. The molecule has 1 aliphatic heterocycles. The van der Waals surface area contributed by atoms with Crippen LogP contribution in [-0.4, -0.2) is 35.0 Å². The normalized spacial score (nSPS) is 20.1. The summed E-state index contributed by atoms with van der Waals surface area (Å²) in [6, 6.07) is 5.12. The number of benzene rings is 1. The Bertz CT molecular complexity index is 562. The molecule has 0 saturated carbocycles. The smallest absolute Gasteiger partial charge is 0.308 e. The maximum absolute atomic E-state index is 12.5. The molecular weight excluding hydrogens is 313 g/mol. The average Bonchev–Trinajstić information content (AvgIpc) is 2.48. The summed E-state index contributed by atoms with van der Waals surface area (Å²) in [4.78, 5) is 25.2. The Morgan fingerprint density at radius 1 is 1.33 bits per heavy atom. The number of carbonyl (C=O) groups is 2. The molecule has 0 aromatic heterocycles. The van der Waals surface area contributed by atoms with Crippen LogP contribution < -0.4 is 0 Å². The van der Waals surface area contributed by atoms with E-state index in [4.69, 9.17) is 28.3 Å². The van der Waals surface area contributed by atoms with Crippen molar-refractivity contribution in [1.29, 1.82) is 0 Å². The standard InChI is InChI=1S/C15H17Cl2NO3/c1-9(10-4-5-12(16)13(17)7-10)14(19)18-6-2-3-11(8-18)15(20)21/h4-5,7,9,11H,2-3,6,8H2,1H3,(H,20,21). The van der Waals surface area contributed by atoms with Crippen LogP contribution >= 0.6 is 23.2 Å². The lowest BCUT2D eigenvalue weighted by atomic mass is 9.94. The van der Waals surface area contributed by atoms with Gasteiger partial charge in [-0.1, -0.05) is 29.3 Å². The molecule has 2 unspecified atom stereocenters. The molecule has 6 heteroatoms. The van der Waals surface area contributed by atoms with Gasteiger partial charge in [0.2, 0.25) is 5.91 Å². The number of piperidine rings is 1. The van der Waals surface area contributed by atoms with Gasteiger partial charge in [0.15, 0.2) is 0 Å². The molecule has 1 aromatic rings. The van der Waals surface area contributed by atoms with E-state index in [1.165, 1.54) is 0 Å². The average molecular weight is 330 g/mol. The summed E-state index contributed by atoms with van der Waals surface area (Å²) in [5, 5.41) is 9.95. The van der Waals surface area contributed by atoms with E-state index in [9.17, 15) is 9.59 Å². The number of likely N-dealkylation sites (tertiary alicyclic amines) is 1. The second-order valence-electron chi connectivity index (χ2n) is 5.36. The first-order chi connectivity index (χ1) is 9.90. The fourth-order valence-corrected chi connectivity index (χ4v) is 2.88. The molecule has 1 fully saturated rings. The van der Waals surface area contributed by atoms with Crippen molar-refractivity contribution in [3.8, 4) is 0 Å². The highest BCUT2D eigenvalue weighted by Gasteiger charge is 2.30. The lowest BCUT2D eigenvalue weighted by Crippen LogP contribution is -2.43. The molecule has 1 amide bonds. The largest absolute Gasteiger partial charge is 0.481 e. The van der Waals surface area contributed by atoms with Gasteiger partial charge in [-0.15, -0.1) is 0 Å². The van der Waals surface area contributed by atoms with Gasteiger partial charge in [0.05, 0.1) is 21.9 Å². The van der Waals surface area contributed by atoms with Gasteiger partial charge in [0, 0.05) is 13.1 Å². The Morgan fingerprint density at radius 3 is 2.67 bits per heavy atom. The summed E-state index contributed by atoms with van der Waals surface area (Å²) in [7, 11) is 0. The lowest BCUT2D eigenvalue weighted by Gasteiger charge is -2.32. The molecule has 1 saturated heterocycles. The molecule has 0 radical (unpaired) electrons. The first-order valence-corrected chi connectivity index (χ1v) is 7.62. The van der Waals surface area contributed by atoms with Crippen LogP contribution in [0.1, 0.15) is 31.2 Å². The van der Waals surface area contributed by atoms with Crippen LogP contribution in [0.2, 0.25) is 10.0 Å². The fraction of sp³-hybridized carbons (Fsp3) is 0.467. The van der Waals surface area contributed by atoms with Crippen molar-refractivity contribution in [1.82, 2.24) is 4.90 Å². The highest BCUT2D eigenvalue weighted by molar-refractivity contribution is 6.42. The Balaban J connectivity index is 2.11. The Kier molecular flexibility index (Phi) is 5.12. The first-order valence-electron chi connectivity index (χ1n) is 6.86. The van der Waals surface area contributed by atoms with Gasteiger partial charge in [-0.3, -0.25) is 9.59 Å². The van der Waals surface area contributed by atoms with Crippen LogP contribution in [0, 0.1) is 5.92 Å². The number of carbonyl (C=O) groups excluding carboxylic acids is 1. The van der Waals surface area contributed by atoms with Crippen molar-refractivity contribution >= 4 is 35.1 Å². The number of aliphatic carboxylic acids is 1. The topological polar surface area (TPSA) is 57.6 Å². The van der Waals surface area contributed by atoms with E-state index < -0.39 is 11.9 Å². The van der Waals surface area contributed by atoms with E-state index in [0.717, 1.165) is 12.0 Å². The van der Waals surface area contributed by atoms with Crippen molar-refractivity contribution in [2.24, 2.45) is 5.92 Å². The van der Waals surface area contributed by atoms with Crippen molar-refractivity contribution < 1.29 is 14.7 Å². The van der Waals surface area contributed by atoms with Crippen molar-refractivity contribution in [3.63, 3.8) is 0 Å². The van der Waals surface area contributed by atoms with E-state index in [0.29, 0.717) is 23.0 Å². The molecule has 0 aliphatic carbocycles. The highest BCUT2D eigenvalue weighted by atomic mass is 35.5. The summed E-state index contributed by atoms with van der Waals surface area (Å²) in [6.07, 6.45) is 1.34. The number of halogens is 2. The van der Waals surface area contributed by atoms with Crippen LogP contribution in [0.5, 0.6) is 0 Å². The summed E-state index contributed by atoms with van der Waals surface area (Å²) in [6.45, 7) is 2.68. The summed E-state index contributed by atoms with van der Waals surface area (Å²) < 4.78 is 0. The number of rotatable bonds is 3. The maximum atomic E-state index is 12.5. The van der Waals surface area contributed by atoms with Crippen molar-refractivity contribution in [3.05, 3.63) is 33.8 Å². The van der Waals surface area contributed by atoms with E-state index in [-0.39, 0.29) is 18.4 Å². The summed E-state index contributed by atoms with van der Waals surface area (Å²) in [5.74, 6) is -1.75. The van der Waals surface area contributed by atoms with Gasteiger partial charge < -0.3 is 10.0 Å². The van der Waals surface area contributed by atoms with E-state index in [1.54, 1.807) is 30.0 Å². The molecule has 2 atom stereocenters. The minimum atomic E-state index is -0.838. The van der Waals surface area contributed by atoms with Gasteiger partial charge in [0.25, 0.3) is 0 Å². The molecule has 1 N–H and O–H groups in total. The number of nitrogens with zero attached hydrogens (tertiary/aromatic N) is 1. The van der Waals surface area contributed by atoms with Crippen molar-refractivity contribution in [2.75, 3.05) is 13.1 Å². The predicted octanol–water partition coefficient (Wildman–Crippen LogP) is 3.42. The maximum Gasteiger partial charge on any atom is 0.308 e. The molecule has 21 heavy (non-hydrogen) atoms. The Morgan fingerprint density at radius 2 is 2.05 bits per heavy atom. The van der Waals surface area contributed by atoms with Crippen LogP contribution in [-0.2, 0) is 9.59 Å². The summed E-state index contributed by atoms with van der Waals surface area (Å²) in [5.41, 5.74) is 0.784. The third kappa shape index (κ3) is 3.69. The molecule has 0 bridgehead atoms. The van der Waals surface area contributed by atoms with Crippen LogP contribution in [0.25, 0.3) is 0 Å². The Hall–Kier alpha value is -1.26. The number of hydrogen-bond acceptors (Lipinski definition) is 2. The van der Waals surface area contributed by atoms with Gasteiger partial charge in [-0.2, -0.15) is 0 Å². The fourth-order valence-electron chi connectivity index (χ4n) is 2.58. The van der Waals surface area contributed by atoms with Gasteiger partial charge >= 0.3 is 5.97 Å². The highest BCUT2D eigenvalue weighted by Crippen LogP contribution is 2.28. The zero-order valence-corrected chi connectivity index (χ0v) is 13.2. The first kappa shape index (κ1) is 16.1. The van der Waals surface area contributed by atoms with Crippen LogP contribution in [0.15, 0.2) is 18.2 Å². The number of carboxylic acid groups (broad SMARTS) is 1. The molecule has 1 heterocycles. The third-order valence-electron chi connectivity index (χ3n) is 3.90. The molecule has 1 aliphatic rings.